The van der Waals surface area contributed by atoms with Crippen molar-refractivity contribution in [1.29, 1.82) is 0 Å². The summed E-state index contributed by atoms with van der Waals surface area (Å²) < 4.78 is 0. The smallest absolute Gasteiger partial charge is 0.0162 e. The molecule has 0 saturated heterocycles. The summed E-state index contributed by atoms with van der Waals surface area (Å²) in [5, 5.41) is 3.38. The Hall–Kier alpha value is 0.580. The first kappa shape index (κ1) is 16.6. The lowest BCUT2D eigenvalue weighted by Crippen LogP contribution is -2.20. The standard InChI is InChI=1S/C11H27N3S2/c12-6-3-1-2-4-10-15-16-11-9-14-8-5-7-13/h14H,1-13H2. The number of unbranched alkanes of at least 4 members (excludes halogenated alkanes) is 3. The summed E-state index contributed by atoms with van der Waals surface area (Å²) >= 11 is 0. The van der Waals surface area contributed by atoms with Crippen LogP contribution in [0.25, 0.3) is 0 Å². The van der Waals surface area contributed by atoms with Crippen molar-refractivity contribution in [2.24, 2.45) is 11.5 Å². The van der Waals surface area contributed by atoms with E-state index in [0.29, 0.717) is 0 Å². The molecule has 5 heteroatoms. The Labute approximate surface area is 108 Å². The highest BCUT2D eigenvalue weighted by molar-refractivity contribution is 8.76. The van der Waals surface area contributed by atoms with Gasteiger partial charge in [-0.05, 0) is 38.9 Å². The van der Waals surface area contributed by atoms with E-state index >= 15 is 0 Å². The Bertz CT molecular complexity index is 112. The molecule has 0 aromatic heterocycles. The summed E-state index contributed by atoms with van der Waals surface area (Å²) in [5.74, 6) is 2.47. The van der Waals surface area contributed by atoms with E-state index in [-0.39, 0.29) is 0 Å². The van der Waals surface area contributed by atoms with E-state index in [1.807, 2.05) is 21.6 Å². The third kappa shape index (κ3) is 14.6. The van der Waals surface area contributed by atoms with Gasteiger partial charge in [0.25, 0.3) is 0 Å². The monoisotopic (exact) mass is 265 g/mol. The minimum atomic E-state index is 0.789. The lowest BCUT2D eigenvalue weighted by Gasteiger charge is -2.03. The lowest BCUT2D eigenvalue weighted by molar-refractivity contribution is 0.678. The van der Waals surface area contributed by atoms with Gasteiger partial charge in [0.05, 0.1) is 0 Å². The van der Waals surface area contributed by atoms with E-state index in [0.717, 1.165) is 32.6 Å². The molecule has 0 atom stereocenters. The second kappa shape index (κ2) is 15.6. The number of nitrogens with two attached hydrogens (primary N) is 2. The van der Waals surface area contributed by atoms with Gasteiger partial charge in [0, 0.05) is 18.1 Å². The maximum Gasteiger partial charge on any atom is 0.0162 e. The predicted molar refractivity (Wildman–Crippen MR) is 79.0 cm³/mol. The van der Waals surface area contributed by atoms with Gasteiger partial charge in [-0.1, -0.05) is 34.4 Å². The van der Waals surface area contributed by atoms with Gasteiger partial charge in [0.15, 0.2) is 0 Å². The van der Waals surface area contributed by atoms with Gasteiger partial charge in [-0.15, -0.1) is 0 Å². The van der Waals surface area contributed by atoms with Crippen LogP contribution in [0.15, 0.2) is 0 Å². The largest absolute Gasteiger partial charge is 0.330 e. The van der Waals surface area contributed by atoms with Crippen molar-refractivity contribution in [3.63, 3.8) is 0 Å². The van der Waals surface area contributed by atoms with Crippen LogP contribution in [0.1, 0.15) is 32.1 Å². The first-order valence-electron chi connectivity index (χ1n) is 6.27. The number of hydrogen-bond donors (Lipinski definition) is 3. The van der Waals surface area contributed by atoms with Gasteiger partial charge in [-0.2, -0.15) is 0 Å². The Morgan fingerprint density at radius 3 is 2.12 bits per heavy atom. The van der Waals surface area contributed by atoms with Gasteiger partial charge >= 0.3 is 0 Å². The molecule has 0 aromatic carbocycles. The normalized spacial score (nSPS) is 10.9. The molecule has 0 aliphatic rings. The van der Waals surface area contributed by atoms with Gasteiger partial charge in [-0.3, -0.25) is 0 Å². The number of hydrogen-bond acceptors (Lipinski definition) is 5. The van der Waals surface area contributed by atoms with Crippen LogP contribution in [-0.4, -0.2) is 37.7 Å². The molecule has 0 aromatic rings. The van der Waals surface area contributed by atoms with Crippen LogP contribution in [0.3, 0.4) is 0 Å². The zero-order valence-corrected chi connectivity index (χ0v) is 11.9. The second-order valence-corrected chi connectivity index (χ2v) is 6.44. The zero-order valence-electron chi connectivity index (χ0n) is 10.2. The highest BCUT2D eigenvalue weighted by Crippen LogP contribution is 2.22. The quantitative estimate of drug-likeness (QED) is 0.350. The molecule has 0 saturated carbocycles. The van der Waals surface area contributed by atoms with Crippen molar-refractivity contribution in [2.45, 2.75) is 32.1 Å². The van der Waals surface area contributed by atoms with Crippen LogP contribution in [0.5, 0.6) is 0 Å². The topological polar surface area (TPSA) is 64.1 Å². The van der Waals surface area contributed by atoms with Crippen molar-refractivity contribution in [1.82, 2.24) is 5.32 Å². The summed E-state index contributed by atoms with van der Waals surface area (Å²) in [4.78, 5) is 0. The van der Waals surface area contributed by atoms with Crippen LogP contribution in [-0.2, 0) is 0 Å². The Kier molecular flexibility index (Phi) is 16.1. The van der Waals surface area contributed by atoms with Crippen LogP contribution in [0.4, 0.5) is 0 Å². The van der Waals surface area contributed by atoms with Crippen molar-refractivity contribution >= 4 is 21.6 Å². The van der Waals surface area contributed by atoms with Crippen LogP contribution < -0.4 is 16.8 Å². The molecule has 5 N–H and O–H groups in total. The average Bonchev–Trinajstić information content (AvgIpc) is 2.31. The molecule has 0 unspecified atom stereocenters. The fourth-order valence-electron chi connectivity index (χ4n) is 1.24. The number of nitrogens with one attached hydrogen (secondary N) is 1. The molecular formula is C11H27N3S2. The van der Waals surface area contributed by atoms with Crippen molar-refractivity contribution < 1.29 is 0 Å². The predicted octanol–water partition coefficient (Wildman–Crippen LogP) is 1.83. The molecule has 3 nitrogen and oxygen atoms in total. The van der Waals surface area contributed by atoms with E-state index < -0.39 is 0 Å². The summed E-state index contributed by atoms with van der Waals surface area (Å²) in [6, 6.07) is 0. The first-order chi connectivity index (χ1) is 7.91. The molecule has 16 heavy (non-hydrogen) atoms. The van der Waals surface area contributed by atoms with Crippen molar-refractivity contribution in [2.75, 3.05) is 37.7 Å². The van der Waals surface area contributed by atoms with E-state index in [4.69, 9.17) is 11.5 Å². The van der Waals surface area contributed by atoms with E-state index in [1.165, 1.54) is 37.2 Å². The highest BCUT2D eigenvalue weighted by Gasteiger charge is 1.92. The fourth-order valence-corrected chi connectivity index (χ4v) is 3.34. The molecule has 98 valence electrons. The summed E-state index contributed by atoms with van der Waals surface area (Å²) in [6.45, 7) is 3.79. The maximum atomic E-state index is 5.43. The highest BCUT2D eigenvalue weighted by atomic mass is 33.1. The third-order valence-electron chi connectivity index (χ3n) is 2.18. The van der Waals surface area contributed by atoms with Crippen LogP contribution in [0.2, 0.25) is 0 Å². The molecule has 0 spiro atoms. The zero-order chi connectivity index (χ0) is 11.9. The van der Waals surface area contributed by atoms with Crippen molar-refractivity contribution in [3.8, 4) is 0 Å². The van der Waals surface area contributed by atoms with E-state index in [2.05, 4.69) is 5.32 Å². The number of rotatable bonds is 13. The van der Waals surface area contributed by atoms with Gasteiger partial charge in [0.1, 0.15) is 0 Å². The summed E-state index contributed by atoms with van der Waals surface area (Å²) in [6.07, 6.45) is 6.22. The molecule has 0 fully saturated rings. The minimum Gasteiger partial charge on any atom is -0.330 e. The average molecular weight is 265 g/mol. The van der Waals surface area contributed by atoms with E-state index in [9.17, 15) is 0 Å². The second-order valence-electron chi connectivity index (χ2n) is 3.74. The first-order valence-corrected chi connectivity index (χ1v) is 8.76. The molecular weight excluding hydrogens is 238 g/mol. The molecule has 0 heterocycles. The fraction of sp³-hybridized carbons (Fsp3) is 1.00. The van der Waals surface area contributed by atoms with Gasteiger partial charge in [-0.25, -0.2) is 0 Å². The van der Waals surface area contributed by atoms with Crippen molar-refractivity contribution in [3.05, 3.63) is 0 Å². The third-order valence-corrected chi connectivity index (χ3v) is 4.68. The van der Waals surface area contributed by atoms with Gasteiger partial charge < -0.3 is 16.8 Å². The van der Waals surface area contributed by atoms with E-state index in [1.54, 1.807) is 0 Å². The Morgan fingerprint density at radius 1 is 0.688 bits per heavy atom. The SMILES string of the molecule is NCCCCCCSSCCNCCCN. The molecule has 0 radical (unpaired) electrons. The molecule has 0 amide bonds. The molecule has 0 aliphatic heterocycles. The molecule has 0 bridgehead atoms. The van der Waals surface area contributed by atoms with Gasteiger partial charge in [0.2, 0.25) is 0 Å². The van der Waals surface area contributed by atoms with Crippen LogP contribution in [0, 0.1) is 0 Å². The molecule has 0 aliphatic carbocycles. The lowest BCUT2D eigenvalue weighted by atomic mass is 10.2. The van der Waals surface area contributed by atoms with Crippen LogP contribution >= 0.6 is 21.6 Å². The Balaban J connectivity index is 2.83. The maximum absolute atomic E-state index is 5.43. The summed E-state index contributed by atoms with van der Waals surface area (Å²) in [7, 11) is 3.97. The summed E-state index contributed by atoms with van der Waals surface area (Å²) in [5.41, 5.74) is 10.8. The Morgan fingerprint density at radius 2 is 1.38 bits per heavy atom. The minimum absolute atomic E-state index is 0.789. The molecule has 0 rings (SSSR count).